The summed E-state index contributed by atoms with van der Waals surface area (Å²) in [7, 11) is 5.08. The summed E-state index contributed by atoms with van der Waals surface area (Å²) in [5.41, 5.74) is 2.19. The van der Waals surface area contributed by atoms with E-state index in [1.54, 1.807) is 21.3 Å². The minimum Gasteiger partial charge on any atom is -0.497 e. The quantitative estimate of drug-likeness (QED) is 0.261. The molecule has 30 heavy (non-hydrogen) atoms. The molecule has 6 nitrogen and oxygen atoms in total. The second-order valence-electron chi connectivity index (χ2n) is 7.62. The van der Waals surface area contributed by atoms with Gasteiger partial charge in [0, 0.05) is 43.3 Å². The number of ether oxygens (including phenoxy) is 2. The highest BCUT2D eigenvalue weighted by Crippen LogP contribution is 2.24. The Balaban J connectivity index is 0.00000450. The number of aliphatic imine (C=N–C) groups is 1. The lowest BCUT2D eigenvalue weighted by Gasteiger charge is -2.31. The molecule has 1 atom stereocenters. The van der Waals surface area contributed by atoms with Crippen LogP contribution in [0.4, 0.5) is 0 Å². The van der Waals surface area contributed by atoms with Crippen LogP contribution >= 0.6 is 24.0 Å². The maximum Gasteiger partial charge on any atom is 0.191 e. The zero-order chi connectivity index (χ0) is 21.3. The minimum atomic E-state index is -0.120. The molecule has 0 saturated heterocycles. The van der Waals surface area contributed by atoms with E-state index in [9.17, 15) is 0 Å². The van der Waals surface area contributed by atoms with Crippen molar-refractivity contribution in [2.45, 2.75) is 38.9 Å². The topological polar surface area (TPSA) is 66.9 Å². The lowest BCUT2D eigenvalue weighted by molar-refractivity contribution is 0.344. The summed E-state index contributed by atoms with van der Waals surface area (Å²) in [6, 6.07) is 16.5. The third-order valence-corrected chi connectivity index (χ3v) is 4.77. The smallest absolute Gasteiger partial charge is 0.191 e. The van der Waals surface area contributed by atoms with Crippen LogP contribution in [-0.2, 0) is 6.54 Å². The Labute approximate surface area is 197 Å². The van der Waals surface area contributed by atoms with E-state index in [2.05, 4.69) is 66.0 Å². The van der Waals surface area contributed by atoms with Gasteiger partial charge in [0.15, 0.2) is 5.96 Å². The Morgan fingerprint density at radius 2 is 1.73 bits per heavy atom. The van der Waals surface area contributed by atoms with Crippen LogP contribution in [0.25, 0.3) is 0 Å². The van der Waals surface area contributed by atoms with E-state index in [4.69, 9.17) is 9.47 Å². The third-order valence-electron chi connectivity index (χ3n) is 4.77. The first kappa shape index (κ1) is 26.0. The zero-order valence-corrected chi connectivity index (χ0v) is 21.1. The van der Waals surface area contributed by atoms with E-state index in [0.29, 0.717) is 6.54 Å². The van der Waals surface area contributed by atoms with Gasteiger partial charge in [-0.3, -0.25) is 4.99 Å². The van der Waals surface area contributed by atoms with Crippen molar-refractivity contribution in [2.75, 3.05) is 27.8 Å². The van der Waals surface area contributed by atoms with Gasteiger partial charge in [0.1, 0.15) is 11.5 Å². The molecule has 2 rings (SSSR count). The maximum atomic E-state index is 5.46. The fourth-order valence-corrected chi connectivity index (χ4v) is 3.16. The maximum absolute atomic E-state index is 5.46. The second-order valence-corrected chi connectivity index (χ2v) is 7.62. The molecule has 3 N–H and O–H groups in total. The first-order valence-electron chi connectivity index (χ1n) is 9.86. The molecular formula is C23H35IN4O2. The third kappa shape index (κ3) is 8.02. The van der Waals surface area contributed by atoms with Gasteiger partial charge in [0.05, 0.1) is 14.2 Å². The van der Waals surface area contributed by atoms with Gasteiger partial charge in [-0.2, -0.15) is 0 Å². The van der Waals surface area contributed by atoms with Crippen LogP contribution in [-0.4, -0.2) is 39.3 Å². The summed E-state index contributed by atoms with van der Waals surface area (Å²) in [5.74, 6) is 2.30. The van der Waals surface area contributed by atoms with E-state index in [-0.39, 0.29) is 35.6 Å². The predicted molar refractivity (Wildman–Crippen MR) is 135 cm³/mol. The monoisotopic (exact) mass is 526 g/mol. The molecule has 0 heterocycles. The van der Waals surface area contributed by atoms with Crippen LogP contribution in [0.1, 0.15) is 37.9 Å². The average molecular weight is 526 g/mol. The van der Waals surface area contributed by atoms with Crippen LogP contribution in [0, 0.1) is 0 Å². The molecule has 0 aliphatic carbocycles. The molecule has 166 valence electrons. The van der Waals surface area contributed by atoms with Crippen molar-refractivity contribution in [1.82, 2.24) is 16.0 Å². The highest BCUT2D eigenvalue weighted by atomic mass is 127. The largest absolute Gasteiger partial charge is 0.497 e. The number of nitrogens with zero attached hydrogens (tertiary/aromatic N) is 1. The molecule has 0 aliphatic rings. The second kappa shape index (κ2) is 12.6. The molecule has 0 amide bonds. The first-order valence-corrected chi connectivity index (χ1v) is 9.86. The van der Waals surface area contributed by atoms with Gasteiger partial charge in [-0.1, -0.05) is 30.3 Å². The molecule has 0 aromatic heterocycles. The van der Waals surface area contributed by atoms with Crippen molar-refractivity contribution < 1.29 is 9.47 Å². The molecule has 1 unspecified atom stereocenters. The number of halogens is 1. The lowest BCUT2D eigenvalue weighted by atomic mass is 10.0. The van der Waals surface area contributed by atoms with E-state index in [0.717, 1.165) is 29.6 Å². The molecule has 2 aromatic rings. The zero-order valence-electron chi connectivity index (χ0n) is 18.8. The van der Waals surface area contributed by atoms with Crippen molar-refractivity contribution >= 4 is 29.9 Å². The van der Waals surface area contributed by atoms with Gasteiger partial charge < -0.3 is 25.4 Å². The average Bonchev–Trinajstić information content (AvgIpc) is 2.74. The number of guanidine groups is 1. The van der Waals surface area contributed by atoms with Crippen molar-refractivity contribution in [3.8, 4) is 11.5 Å². The predicted octanol–water partition coefficient (Wildman–Crippen LogP) is 4.12. The van der Waals surface area contributed by atoms with Crippen LogP contribution < -0.4 is 25.4 Å². The number of nitrogens with one attached hydrogen (secondary N) is 3. The molecule has 0 saturated carbocycles. The molecule has 0 spiro atoms. The summed E-state index contributed by atoms with van der Waals surface area (Å²) in [6.07, 6.45) is 0. The van der Waals surface area contributed by atoms with Crippen molar-refractivity contribution in [3.05, 3.63) is 59.7 Å². The summed E-state index contributed by atoms with van der Waals surface area (Å²) < 4.78 is 10.7. The van der Waals surface area contributed by atoms with Gasteiger partial charge in [-0.05, 0) is 38.5 Å². The highest BCUT2D eigenvalue weighted by molar-refractivity contribution is 14.0. The SMILES string of the molecule is CN=C(NCc1ccc(OC)cc1OC)NCC(C)(C)NC(C)c1ccccc1.I. The molecule has 0 radical (unpaired) electrons. The van der Waals surface area contributed by atoms with Crippen LogP contribution in [0.15, 0.2) is 53.5 Å². The molecule has 0 fully saturated rings. The van der Waals surface area contributed by atoms with Gasteiger partial charge >= 0.3 is 0 Å². The fourth-order valence-electron chi connectivity index (χ4n) is 3.16. The van der Waals surface area contributed by atoms with Crippen LogP contribution in [0.2, 0.25) is 0 Å². The van der Waals surface area contributed by atoms with Gasteiger partial charge in [-0.15, -0.1) is 24.0 Å². The van der Waals surface area contributed by atoms with E-state index < -0.39 is 0 Å². The fraction of sp³-hybridized carbons (Fsp3) is 0.435. The Morgan fingerprint density at radius 3 is 2.33 bits per heavy atom. The van der Waals surface area contributed by atoms with Crippen molar-refractivity contribution in [3.63, 3.8) is 0 Å². The number of hydrogen-bond acceptors (Lipinski definition) is 4. The number of rotatable bonds is 9. The van der Waals surface area contributed by atoms with Gasteiger partial charge in [0.2, 0.25) is 0 Å². The Kier molecular flexibility index (Phi) is 11.0. The summed E-state index contributed by atoms with van der Waals surface area (Å²) in [6.45, 7) is 7.86. The normalized spacial score (nSPS) is 12.5. The standard InChI is InChI=1S/C23H34N4O2.HI/c1-17(18-10-8-7-9-11-18)27-23(2,3)16-26-22(24-4)25-15-19-12-13-20(28-5)14-21(19)29-6;/h7-14,17,27H,15-16H2,1-6H3,(H2,24,25,26);1H. The van der Waals surface area contributed by atoms with Gasteiger partial charge in [0.25, 0.3) is 0 Å². The Bertz CT molecular complexity index is 797. The highest BCUT2D eigenvalue weighted by Gasteiger charge is 2.21. The van der Waals surface area contributed by atoms with Crippen molar-refractivity contribution in [2.24, 2.45) is 4.99 Å². The van der Waals surface area contributed by atoms with Gasteiger partial charge in [-0.25, -0.2) is 0 Å². The number of benzene rings is 2. The van der Waals surface area contributed by atoms with E-state index >= 15 is 0 Å². The van der Waals surface area contributed by atoms with Crippen LogP contribution in [0.3, 0.4) is 0 Å². The van der Waals surface area contributed by atoms with E-state index in [1.165, 1.54) is 5.56 Å². The molecule has 7 heteroatoms. The Morgan fingerprint density at radius 1 is 1.03 bits per heavy atom. The summed E-state index contributed by atoms with van der Waals surface area (Å²) in [5, 5.41) is 10.4. The van der Waals surface area contributed by atoms with Crippen molar-refractivity contribution in [1.29, 1.82) is 0 Å². The van der Waals surface area contributed by atoms with Crippen LogP contribution in [0.5, 0.6) is 11.5 Å². The molecule has 0 bridgehead atoms. The van der Waals surface area contributed by atoms with E-state index in [1.807, 2.05) is 24.3 Å². The molecule has 2 aromatic carbocycles. The summed E-state index contributed by atoms with van der Waals surface area (Å²) >= 11 is 0. The lowest BCUT2D eigenvalue weighted by Crippen LogP contribution is -2.52. The Hall–Kier alpha value is -2.00. The molecular weight excluding hydrogens is 491 g/mol. The number of methoxy groups -OCH3 is 2. The molecule has 0 aliphatic heterocycles. The first-order chi connectivity index (χ1) is 13.9. The summed E-state index contributed by atoms with van der Waals surface area (Å²) in [4.78, 5) is 4.33. The minimum absolute atomic E-state index is 0. The number of hydrogen-bond donors (Lipinski definition) is 3.